The van der Waals surface area contributed by atoms with Crippen molar-refractivity contribution in [2.45, 2.75) is 12.3 Å². The fourth-order valence-corrected chi connectivity index (χ4v) is 2.22. The van der Waals surface area contributed by atoms with Gasteiger partial charge in [-0.05, 0) is 24.4 Å². The number of carbonyl (C=O) groups excluding carboxylic acids is 1. The van der Waals surface area contributed by atoms with Gasteiger partial charge in [-0.2, -0.15) is 0 Å². The second-order valence-corrected chi connectivity index (χ2v) is 4.20. The minimum atomic E-state index is -0.117. The van der Waals surface area contributed by atoms with Crippen LogP contribution in [0.5, 0.6) is 0 Å². The Morgan fingerprint density at radius 3 is 2.88 bits per heavy atom. The molecule has 1 heterocycles. The molecule has 1 aromatic carbocycles. The zero-order valence-electron chi connectivity index (χ0n) is 9.23. The molecule has 86 valence electrons. The number of carbonyl (C=O) groups is 1. The third-order valence-corrected chi connectivity index (χ3v) is 3.07. The molecule has 4 nitrogen and oxygen atoms in total. The Bertz CT molecular complexity index is 353. The van der Waals surface area contributed by atoms with Crippen LogP contribution in [0.25, 0.3) is 0 Å². The maximum absolute atomic E-state index is 11.1. The van der Waals surface area contributed by atoms with Crippen molar-refractivity contribution in [1.29, 1.82) is 0 Å². The van der Waals surface area contributed by atoms with Crippen molar-refractivity contribution in [2.75, 3.05) is 19.6 Å². The molecule has 0 unspecified atom stereocenters. The van der Waals surface area contributed by atoms with Gasteiger partial charge in [0.1, 0.15) is 0 Å². The molecule has 1 amide bonds. The number of hydrogen-bond acceptors (Lipinski definition) is 3. The highest BCUT2D eigenvalue weighted by molar-refractivity contribution is 5.77. The van der Waals surface area contributed by atoms with Crippen molar-refractivity contribution in [3.63, 3.8) is 0 Å². The molecule has 16 heavy (non-hydrogen) atoms. The average molecular weight is 219 g/mol. The van der Waals surface area contributed by atoms with Crippen LogP contribution in [0.2, 0.25) is 0 Å². The SMILES string of the molecule is NNC(=O)CN1CC[C@H](c2ccccc2)C1. The molecule has 1 aliphatic rings. The van der Waals surface area contributed by atoms with E-state index in [1.807, 2.05) is 6.07 Å². The topological polar surface area (TPSA) is 58.4 Å². The molecule has 3 N–H and O–H groups in total. The minimum Gasteiger partial charge on any atom is -0.294 e. The lowest BCUT2D eigenvalue weighted by atomic mass is 9.99. The van der Waals surface area contributed by atoms with Gasteiger partial charge in [0.15, 0.2) is 0 Å². The third-order valence-electron chi connectivity index (χ3n) is 3.07. The number of hydrazine groups is 1. The summed E-state index contributed by atoms with van der Waals surface area (Å²) in [5, 5.41) is 0. The lowest BCUT2D eigenvalue weighted by molar-refractivity contribution is -0.122. The number of nitrogens with one attached hydrogen (secondary N) is 1. The van der Waals surface area contributed by atoms with Crippen molar-refractivity contribution in [3.05, 3.63) is 35.9 Å². The molecule has 1 aromatic rings. The summed E-state index contributed by atoms with van der Waals surface area (Å²) in [6, 6.07) is 10.4. The summed E-state index contributed by atoms with van der Waals surface area (Å²) in [6.45, 7) is 2.31. The quantitative estimate of drug-likeness (QED) is 0.441. The van der Waals surface area contributed by atoms with Crippen LogP contribution in [0.1, 0.15) is 17.9 Å². The number of amides is 1. The first kappa shape index (κ1) is 11.1. The fraction of sp³-hybridized carbons (Fsp3) is 0.417. The summed E-state index contributed by atoms with van der Waals surface area (Å²) in [7, 11) is 0. The molecule has 1 aliphatic heterocycles. The zero-order chi connectivity index (χ0) is 11.4. The maximum Gasteiger partial charge on any atom is 0.248 e. The molecule has 1 atom stereocenters. The highest BCUT2D eigenvalue weighted by Gasteiger charge is 2.24. The van der Waals surface area contributed by atoms with E-state index in [0.717, 1.165) is 19.5 Å². The Morgan fingerprint density at radius 2 is 2.19 bits per heavy atom. The second kappa shape index (κ2) is 5.09. The van der Waals surface area contributed by atoms with Crippen molar-refractivity contribution >= 4 is 5.91 Å². The van der Waals surface area contributed by atoms with Gasteiger partial charge < -0.3 is 0 Å². The average Bonchev–Trinajstić information content (AvgIpc) is 2.78. The van der Waals surface area contributed by atoms with Gasteiger partial charge in [0.05, 0.1) is 6.54 Å². The number of likely N-dealkylation sites (tertiary alicyclic amines) is 1. The highest BCUT2D eigenvalue weighted by Crippen LogP contribution is 2.26. The first-order valence-corrected chi connectivity index (χ1v) is 5.56. The predicted molar refractivity (Wildman–Crippen MR) is 62.6 cm³/mol. The number of hydrogen-bond donors (Lipinski definition) is 2. The summed E-state index contributed by atoms with van der Waals surface area (Å²) in [6.07, 6.45) is 1.11. The van der Waals surface area contributed by atoms with Crippen LogP contribution < -0.4 is 11.3 Å². The number of nitrogens with zero attached hydrogens (tertiary/aromatic N) is 1. The zero-order valence-corrected chi connectivity index (χ0v) is 9.23. The second-order valence-electron chi connectivity index (χ2n) is 4.20. The summed E-state index contributed by atoms with van der Waals surface area (Å²) >= 11 is 0. The molecule has 1 saturated heterocycles. The Hall–Kier alpha value is -1.39. The molecule has 0 spiro atoms. The normalized spacial score (nSPS) is 20.9. The van der Waals surface area contributed by atoms with E-state index in [1.165, 1.54) is 5.56 Å². The van der Waals surface area contributed by atoms with Gasteiger partial charge in [0, 0.05) is 6.54 Å². The molecular weight excluding hydrogens is 202 g/mol. The van der Waals surface area contributed by atoms with Gasteiger partial charge in [-0.3, -0.25) is 15.1 Å². The van der Waals surface area contributed by atoms with E-state index in [-0.39, 0.29) is 5.91 Å². The molecule has 0 bridgehead atoms. The molecule has 0 saturated carbocycles. The van der Waals surface area contributed by atoms with Gasteiger partial charge in [0.2, 0.25) is 5.91 Å². The van der Waals surface area contributed by atoms with E-state index in [2.05, 4.69) is 34.6 Å². The van der Waals surface area contributed by atoms with Crippen molar-refractivity contribution in [3.8, 4) is 0 Å². The molecule has 0 aliphatic carbocycles. The standard InChI is InChI=1S/C12H17N3O/c13-14-12(16)9-15-7-6-11(8-15)10-4-2-1-3-5-10/h1-5,11H,6-9,13H2,(H,14,16)/t11-/m0/s1. The number of rotatable bonds is 3. The first-order chi connectivity index (χ1) is 7.79. The molecule has 4 heteroatoms. The first-order valence-electron chi connectivity index (χ1n) is 5.56. The Kier molecular flexibility index (Phi) is 3.54. The van der Waals surface area contributed by atoms with Crippen molar-refractivity contribution in [2.24, 2.45) is 5.84 Å². The van der Waals surface area contributed by atoms with Crippen LogP contribution in [0.15, 0.2) is 30.3 Å². The van der Waals surface area contributed by atoms with Gasteiger partial charge in [-0.25, -0.2) is 5.84 Å². The monoisotopic (exact) mass is 219 g/mol. The molecule has 1 fully saturated rings. The summed E-state index contributed by atoms with van der Waals surface area (Å²) < 4.78 is 0. The summed E-state index contributed by atoms with van der Waals surface area (Å²) in [5.74, 6) is 5.50. The molecule has 0 radical (unpaired) electrons. The summed E-state index contributed by atoms with van der Waals surface area (Å²) in [5.41, 5.74) is 3.53. The van der Waals surface area contributed by atoms with Crippen molar-refractivity contribution < 1.29 is 4.79 Å². The van der Waals surface area contributed by atoms with Gasteiger partial charge in [-0.15, -0.1) is 0 Å². The van der Waals surface area contributed by atoms with E-state index in [9.17, 15) is 4.79 Å². The Morgan fingerprint density at radius 1 is 1.44 bits per heavy atom. The highest BCUT2D eigenvalue weighted by atomic mass is 16.2. The van der Waals surface area contributed by atoms with Crippen LogP contribution in [0.3, 0.4) is 0 Å². The van der Waals surface area contributed by atoms with Crippen LogP contribution in [-0.4, -0.2) is 30.4 Å². The van der Waals surface area contributed by atoms with E-state index in [0.29, 0.717) is 12.5 Å². The van der Waals surface area contributed by atoms with Crippen LogP contribution in [0.4, 0.5) is 0 Å². The third kappa shape index (κ3) is 2.59. The number of nitrogens with two attached hydrogens (primary N) is 1. The van der Waals surface area contributed by atoms with E-state index >= 15 is 0 Å². The molecule has 0 aromatic heterocycles. The lowest BCUT2D eigenvalue weighted by Gasteiger charge is -2.14. The number of benzene rings is 1. The largest absolute Gasteiger partial charge is 0.294 e. The van der Waals surface area contributed by atoms with Gasteiger partial charge in [-0.1, -0.05) is 30.3 Å². The molecular formula is C12H17N3O. The lowest BCUT2D eigenvalue weighted by Crippen LogP contribution is -2.39. The minimum absolute atomic E-state index is 0.117. The van der Waals surface area contributed by atoms with Crippen LogP contribution in [0, 0.1) is 0 Å². The van der Waals surface area contributed by atoms with Gasteiger partial charge >= 0.3 is 0 Å². The van der Waals surface area contributed by atoms with Crippen LogP contribution >= 0.6 is 0 Å². The Balaban J connectivity index is 1.91. The Labute approximate surface area is 95.4 Å². The fourth-order valence-electron chi connectivity index (χ4n) is 2.22. The predicted octanol–water partition coefficient (Wildman–Crippen LogP) is 0.466. The van der Waals surface area contributed by atoms with Gasteiger partial charge in [0.25, 0.3) is 0 Å². The van der Waals surface area contributed by atoms with E-state index in [4.69, 9.17) is 5.84 Å². The maximum atomic E-state index is 11.1. The van der Waals surface area contributed by atoms with E-state index in [1.54, 1.807) is 0 Å². The van der Waals surface area contributed by atoms with E-state index < -0.39 is 0 Å². The molecule has 2 rings (SSSR count). The van der Waals surface area contributed by atoms with Crippen molar-refractivity contribution in [1.82, 2.24) is 10.3 Å². The van der Waals surface area contributed by atoms with Crippen LogP contribution in [-0.2, 0) is 4.79 Å². The smallest absolute Gasteiger partial charge is 0.248 e. The summed E-state index contributed by atoms with van der Waals surface area (Å²) in [4.78, 5) is 13.3.